The number of benzene rings is 1. The summed E-state index contributed by atoms with van der Waals surface area (Å²) < 4.78 is 2.97. The summed E-state index contributed by atoms with van der Waals surface area (Å²) in [5, 5.41) is 24.3. The molecule has 100 valence electrons. The van der Waals surface area contributed by atoms with Crippen LogP contribution in [0.25, 0.3) is 16.9 Å². The molecule has 0 spiro atoms. The van der Waals surface area contributed by atoms with E-state index in [2.05, 4.69) is 20.6 Å². The van der Waals surface area contributed by atoms with Gasteiger partial charge in [0.25, 0.3) is 0 Å². The molecule has 2 aromatic heterocycles. The van der Waals surface area contributed by atoms with Gasteiger partial charge in [0.2, 0.25) is 0 Å². The van der Waals surface area contributed by atoms with E-state index in [-0.39, 0.29) is 5.56 Å². The Balaban J connectivity index is 2.12. The van der Waals surface area contributed by atoms with Gasteiger partial charge in [-0.25, -0.2) is 9.48 Å². The third kappa shape index (κ3) is 2.03. The van der Waals surface area contributed by atoms with Gasteiger partial charge < -0.3 is 5.11 Å². The predicted molar refractivity (Wildman–Crippen MR) is 68.3 cm³/mol. The summed E-state index contributed by atoms with van der Waals surface area (Å²) in [6, 6.07) is 7.20. The smallest absolute Gasteiger partial charge is 0.339 e. The van der Waals surface area contributed by atoms with Crippen LogP contribution in [0.1, 0.15) is 10.4 Å². The first-order valence-electron chi connectivity index (χ1n) is 5.76. The van der Waals surface area contributed by atoms with Crippen LogP contribution in [0.5, 0.6) is 0 Å². The maximum Gasteiger partial charge on any atom is 0.339 e. The molecule has 0 bridgehead atoms. The largest absolute Gasteiger partial charge is 0.478 e. The van der Waals surface area contributed by atoms with Crippen molar-refractivity contribution in [3.63, 3.8) is 0 Å². The second kappa shape index (κ2) is 4.57. The molecule has 3 aromatic rings. The predicted octanol–water partition coefficient (Wildman–Crippen LogP) is 0.761. The summed E-state index contributed by atoms with van der Waals surface area (Å²) >= 11 is 0. The third-order valence-corrected chi connectivity index (χ3v) is 2.79. The molecule has 0 fully saturated rings. The van der Waals surface area contributed by atoms with E-state index in [1.807, 2.05) is 6.07 Å². The molecular formula is C12H10N6O2. The Kier molecular flexibility index (Phi) is 2.75. The summed E-state index contributed by atoms with van der Waals surface area (Å²) in [7, 11) is 1.68. The highest BCUT2D eigenvalue weighted by Crippen LogP contribution is 2.23. The average Bonchev–Trinajstić information content (AvgIpc) is 3.07. The van der Waals surface area contributed by atoms with Gasteiger partial charge in [0.05, 0.1) is 5.69 Å². The van der Waals surface area contributed by atoms with E-state index in [1.54, 1.807) is 25.2 Å². The fourth-order valence-electron chi connectivity index (χ4n) is 1.93. The molecule has 0 aliphatic rings. The molecule has 1 aromatic carbocycles. The second-order valence-electron chi connectivity index (χ2n) is 4.17. The van der Waals surface area contributed by atoms with Crippen molar-refractivity contribution in [2.75, 3.05) is 0 Å². The van der Waals surface area contributed by atoms with Gasteiger partial charge in [-0.15, -0.1) is 5.10 Å². The first-order chi connectivity index (χ1) is 9.65. The lowest BCUT2D eigenvalue weighted by Gasteiger charge is -2.03. The number of rotatable bonds is 3. The number of aromatic nitrogens is 6. The Bertz CT molecular complexity index is 762. The molecule has 0 saturated carbocycles. The molecule has 0 aliphatic heterocycles. The summed E-state index contributed by atoms with van der Waals surface area (Å²) in [6.45, 7) is 0. The molecule has 8 heteroatoms. The minimum atomic E-state index is -1.01. The number of carboxylic acid groups (broad SMARTS) is 1. The zero-order valence-electron chi connectivity index (χ0n) is 10.5. The van der Waals surface area contributed by atoms with Crippen LogP contribution < -0.4 is 0 Å². The van der Waals surface area contributed by atoms with Gasteiger partial charge in [-0.05, 0) is 22.6 Å². The van der Waals surface area contributed by atoms with Crippen molar-refractivity contribution in [1.29, 1.82) is 0 Å². The summed E-state index contributed by atoms with van der Waals surface area (Å²) in [5.74, 6) is -1.01. The maximum atomic E-state index is 11.2. The molecule has 0 atom stereocenters. The number of hydrogen-bond donors (Lipinski definition) is 1. The molecule has 8 nitrogen and oxygen atoms in total. The molecule has 0 radical (unpaired) electrons. The van der Waals surface area contributed by atoms with Gasteiger partial charge in [0.15, 0.2) is 0 Å². The fourth-order valence-corrected chi connectivity index (χ4v) is 1.93. The van der Waals surface area contributed by atoms with E-state index < -0.39 is 5.97 Å². The number of carboxylic acids is 1. The lowest BCUT2D eigenvalue weighted by atomic mass is 10.1. The minimum Gasteiger partial charge on any atom is -0.478 e. The van der Waals surface area contributed by atoms with Gasteiger partial charge in [-0.2, -0.15) is 5.10 Å². The van der Waals surface area contributed by atoms with Crippen LogP contribution in [-0.2, 0) is 7.05 Å². The van der Waals surface area contributed by atoms with Gasteiger partial charge in [-0.1, -0.05) is 12.1 Å². The van der Waals surface area contributed by atoms with Crippen LogP contribution in [0.15, 0.2) is 36.8 Å². The lowest BCUT2D eigenvalue weighted by Crippen LogP contribution is -1.98. The Labute approximate surface area is 113 Å². The highest BCUT2D eigenvalue weighted by Gasteiger charge is 2.16. The first kappa shape index (κ1) is 12.0. The van der Waals surface area contributed by atoms with Crippen molar-refractivity contribution in [2.45, 2.75) is 0 Å². The number of tetrazole rings is 1. The van der Waals surface area contributed by atoms with Gasteiger partial charge in [0, 0.05) is 18.8 Å². The molecule has 0 aliphatic carbocycles. The number of hydrogen-bond acceptors (Lipinski definition) is 5. The molecule has 1 N–H and O–H groups in total. The number of nitrogens with zero attached hydrogens (tertiary/aromatic N) is 6. The van der Waals surface area contributed by atoms with E-state index in [9.17, 15) is 9.90 Å². The lowest BCUT2D eigenvalue weighted by molar-refractivity contribution is 0.0697. The second-order valence-corrected chi connectivity index (χ2v) is 4.17. The van der Waals surface area contributed by atoms with Gasteiger partial charge in [0.1, 0.15) is 17.6 Å². The fraction of sp³-hybridized carbons (Fsp3) is 0.0833. The molecule has 0 saturated heterocycles. The van der Waals surface area contributed by atoms with Crippen LogP contribution in [0.3, 0.4) is 0 Å². The van der Waals surface area contributed by atoms with Crippen molar-refractivity contribution in [3.05, 3.63) is 42.4 Å². The quantitative estimate of drug-likeness (QED) is 0.754. The Morgan fingerprint density at radius 2 is 2.20 bits per heavy atom. The normalized spacial score (nSPS) is 10.7. The Morgan fingerprint density at radius 1 is 1.35 bits per heavy atom. The summed E-state index contributed by atoms with van der Waals surface area (Å²) in [4.78, 5) is 11.2. The molecule has 20 heavy (non-hydrogen) atoms. The minimum absolute atomic E-state index is 0.154. The topological polar surface area (TPSA) is 98.7 Å². The van der Waals surface area contributed by atoms with Crippen molar-refractivity contribution >= 4 is 5.97 Å². The molecule has 0 unspecified atom stereocenters. The van der Waals surface area contributed by atoms with Crippen LogP contribution in [0.2, 0.25) is 0 Å². The Morgan fingerprint density at radius 3 is 2.90 bits per heavy atom. The van der Waals surface area contributed by atoms with Gasteiger partial charge >= 0.3 is 5.97 Å². The van der Waals surface area contributed by atoms with Gasteiger partial charge in [-0.3, -0.25) is 4.68 Å². The standard InChI is InChI=1S/C12H10N6O2/c1-17-6-10(12(19)20)11(14-17)8-3-2-4-9(5-8)18-7-13-15-16-18/h2-7H,1H3,(H,19,20). The van der Waals surface area contributed by atoms with Crippen molar-refractivity contribution in [3.8, 4) is 16.9 Å². The third-order valence-electron chi connectivity index (χ3n) is 2.79. The summed E-state index contributed by atoms with van der Waals surface area (Å²) in [6.07, 6.45) is 2.94. The number of aryl methyl sites for hydroxylation is 1. The van der Waals surface area contributed by atoms with Crippen LogP contribution >= 0.6 is 0 Å². The SMILES string of the molecule is Cn1cc(C(=O)O)c(-c2cccc(-n3cnnn3)c2)n1. The van der Waals surface area contributed by atoms with E-state index in [0.29, 0.717) is 11.3 Å². The highest BCUT2D eigenvalue weighted by molar-refractivity contribution is 5.94. The monoisotopic (exact) mass is 270 g/mol. The molecular weight excluding hydrogens is 260 g/mol. The van der Waals surface area contributed by atoms with E-state index >= 15 is 0 Å². The van der Waals surface area contributed by atoms with E-state index in [0.717, 1.165) is 5.69 Å². The van der Waals surface area contributed by atoms with E-state index in [1.165, 1.54) is 21.9 Å². The zero-order chi connectivity index (χ0) is 14.1. The zero-order valence-corrected chi connectivity index (χ0v) is 10.5. The highest BCUT2D eigenvalue weighted by atomic mass is 16.4. The molecule has 0 amide bonds. The number of aromatic carboxylic acids is 1. The van der Waals surface area contributed by atoms with Crippen molar-refractivity contribution < 1.29 is 9.90 Å². The van der Waals surface area contributed by atoms with Crippen LogP contribution in [0, 0.1) is 0 Å². The Hall–Kier alpha value is -3.03. The van der Waals surface area contributed by atoms with Crippen LogP contribution in [-0.4, -0.2) is 41.1 Å². The number of carbonyl (C=O) groups is 1. The average molecular weight is 270 g/mol. The van der Waals surface area contributed by atoms with Crippen molar-refractivity contribution in [2.24, 2.45) is 7.05 Å². The summed E-state index contributed by atoms with van der Waals surface area (Å²) in [5.41, 5.74) is 1.99. The first-order valence-corrected chi connectivity index (χ1v) is 5.76. The maximum absolute atomic E-state index is 11.2. The van der Waals surface area contributed by atoms with E-state index in [4.69, 9.17) is 0 Å². The van der Waals surface area contributed by atoms with Crippen LogP contribution in [0.4, 0.5) is 0 Å². The molecule has 3 rings (SSSR count). The van der Waals surface area contributed by atoms with Crippen molar-refractivity contribution in [1.82, 2.24) is 30.0 Å². The molecule has 2 heterocycles.